The van der Waals surface area contributed by atoms with E-state index in [2.05, 4.69) is 29.8 Å². The van der Waals surface area contributed by atoms with Crippen molar-refractivity contribution >= 4 is 21.6 Å². The molecule has 0 aromatic heterocycles. The molecule has 0 aliphatic carbocycles. The zero-order valence-electron chi connectivity index (χ0n) is 10.1. The van der Waals surface area contributed by atoms with Crippen molar-refractivity contribution in [3.63, 3.8) is 0 Å². The summed E-state index contributed by atoms with van der Waals surface area (Å²) in [7, 11) is 0. The number of halogens is 1. The highest BCUT2D eigenvalue weighted by Crippen LogP contribution is 2.27. The Hall–Kier alpha value is -0.940. The molecule has 1 aromatic rings. The first-order valence-corrected chi connectivity index (χ1v) is 6.43. The summed E-state index contributed by atoms with van der Waals surface area (Å²) in [4.78, 5) is 10.2. The van der Waals surface area contributed by atoms with E-state index in [0.717, 1.165) is 29.3 Å². The van der Waals surface area contributed by atoms with E-state index in [1.165, 1.54) is 12.1 Å². The highest BCUT2D eigenvalue weighted by molar-refractivity contribution is 9.10. The number of nitrogens with two attached hydrogens (primary N) is 1. The minimum atomic E-state index is -0.399. The standard InChI is InChI=1S/C12H17BrN2O2/c1-3-12(14,4-2)8-9-5-6-10(15(16)17)7-11(9)13/h5-7H,3-4,8,14H2,1-2H3. The van der Waals surface area contributed by atoms with Crippen LogP contribution in [0, 0.1) is 10.1 Å². The third kappa shape index (κ3) is 3.51. The van der Waals surface area contributed by atoms with Crippen LogP contribution in [0.4, 0.5) is 5.69 Å². The minimum absolute atomic E-state index is 0.0937. The highest BCUT2D eigenvalue weighted by atomic mass is 79.9. The second-order valence-electron chi connectivity index (χ2n) is 4.28. The lowest BCUT2D eigenvalue weighted by Crippen LogP contribution is -2.40. The second kappa shape index (κ2) is 5.60. The molecular formula is C12H17BrN2O2. The van der Waals surface area contributed by atoms with Gasteiger partial charge in [0, 0.05) is 22.1 Å². The van der Waals surface area contributed by atoms with Gasteiger partial charge in [-0.2, -0.15) is 0 Å². The summed E-state index contributed by atoms with van der Waals surface area (Å²) >= 11 is 3.37. The average molecular weight is 301 g/mol. The van der Waals surface area contributed by atoms with E-state index in [0.29, 0.717) is 0 Å². The van der Waals surface area contributed by atoms with Crippen molar-refractivity contribution in [2.75, 3.05) is 0 Å². The number of non-ortho nitro benzene ring substituents is 1. The third-order valence-electron chi connectivity index (χ3n) is 3.20. The van der Waals surface area contributed by atoms with Gasteiger partial charge in [0.25, 0.3) is 5.69 Å². The Kier molecular flexibility index (Phi) is 4.65. The van der Waals surface area contributed by atoms with Crippen LogP contribution in [-0.4, -0.2) is 10.5 Å². The lowest BCUT2D eigenvalue weighted by Gasteiger charge is -2.27. The molecule has 0 spiro atoms. The molecule has 5 heteroatoms. The maximum atomic E-state index is 10.6. The van der Waals surface area contributed by atoms with Gasteiger partial charge in [-0.15, -0.1) is 0 Å². The molecule has 0 radical (unpaired) electrons. The topological polar surface area (TPSA) is 69.2 Å². The Balaban J connectivity index is 2.97. The average Bonchev–Trinajstić information content (AvgIpc) is 2.31. The van der Waals surface area contributed by atoms with Gasteiger partial charge in [0.05, 0.1) is 4.92 Å². The molecule has 2 N–H and O–H groups in total. The van der Waals surface area contributed by atoms with Crippen LogP contribution in [0.3, 0.4) is 0 Å². The zero-order chi connectivity index (χ0) is 13.1. The number of hydrogen-bond donors (Lipinski definition) is 1. The molecule has 4 nitrogen and oxygen atoms in total. The van der Waals surface area contributed by atoms with Gasteiger partial charge in [-0.25, -0.2) is 0 Å². The Morgan fingerprint density at radius 3 is 2.41 bits per heavy atom. The molecule has 0 atom stereocenters. The highest BCUT2D eigenvalue weighted by Gasteiger charge is 2.22. The predicted molar refractivity (Wildman–Crippen MR) is 72.0 cm³/mol. The molecule has 0 saturated carbocycles. The van der Waals surface area contributed by atoms with Gasteiger partial charge < -0.3 is 5.73 Å². The van der Waals surface area contributed by atoms with Crippen LogP contribution >= 0.6 is 15.9 Å². The molecule has 0 saturated heterocycles. The van der Waals surface area contributed by atoms with Gasteiger partial charge in [0.15, 0.2) is 0 Å². The summed E-state index contributed by atoms with van der Waals surface area (Å²) < 4.78 is 0.753. The smallest absolute Gasteiger partial charge is 0.270 e. The fraction of sp³-hybridized carbons (Fsp3) is 0.500. The van der Waals surface area contributed by atoms with Crippen molar-refractivity contribution in [1.82, 2.24) is 0 Å². The Labute approximate surface area is 109 Å². The van der Waals surface area contributed by atoms with Crippen LogP contribution < -0.4 is 5.73 Å². The van der Waals surface area contributed by atoms with E-state index in [-0.39, 0.29) is 11.2 Å². The quantitative estimate of drug-likeness (QED) is 0.669. The molecule has 0 bridgehead atoms. The number of rotatable bonds is 5. The van der Waals surface area contributed by atoms with Crippen LogP contribution in [0.25, 0.3) is 0 Å². The fourth-order valence-corrected chi connectivity index (χ4v) is 2.18. The Bertz CT molecular complexity index is 417. The first-order chi connectivity index (χ1) is 7.91. The van der Waals surface area contributed by atoms with E-state index in [4.69, 9.17) is 5.73 Å². The Morgan fingerprint density at radius 1 is 1.41 bits per heavy atom. The van der Waals surface area contributed by atoms with Crippen molar-refractivity contribution < 1.29 is 4.92 Å². The SMILES string of the molecule is CCC(N)(CC)Cc1ccc([N+](=O)[O-])cc1Br. The summed E-state index contributed by atoms with van der Waals surface area (Å²) in [6.07, 6.45) is 2.48. The molecule has 0 aliphatic rings. The summed E-state index contributed by atoms with van der Waals surface area (Å²) in [6.45, 7) is 4.12. The number of hydrogen-bond acceptors (Lipinski definition) is 3. The van der Waals surface area contributed by atoms with Gasteiger partial charge in [0.1, 0.15) is 0 Å². The van der Waals surface area contributed by atoms with Gasteiger partial charge in [-0.3, -0.25) is 10.1 Å². The molecule has 1 rings (SSSR count). The predicted octanol–water partition coefficient (Wildman–Crippen LogP) is 3.42. The number of nitrogens with zero attached hydrogens (tertiary/aromatic N) is 1. The lowest BCUT2D eigenvalue weighted by molar-refractivity contribution is -0.384. The molecule has 0 unspecified atom stereocenters. The first-order valence-electron chi connectivity index (χ1n) is 5.63. The van der Waals surface area contributed by atoms with Gasteiger partial charge >= 0.3 is 0 Å². The van der Waals surface area contributed by atoms with E-state index in [1.54, 1.807) is 6.07 Å². The Morgan fingerprint density at radius 2 is 2.00 bits per heavy atom. The molecule has 94 valence electrons. The molecule has 1 aromatic carbocycles. The van der Waals surface area contributed by atoms with Gasteiger partial charge in [0.2, 0.25) is 0 Å². The molecule has 17 heavy (non-hydrogen) atoms. The maximum absolute atomic E-state index is 10.6. The fourth-order valence-electron chi connectivity index (χ4n) is 1.67. The number of benzene rings is 1. The van der Waals surface area contributed by atoms with Crippen LogP contribution in [-0.2, 0) is 6.42 Å². The number of nitro groups is 1. The third-order valence-corrected chi connectivity index (χ3v) is 3.94. The summed E-state index contributed by atoms with van der Waals surface area (Å²) in [5.74, 6) is 0. The van der Waals surface area contributed by atoms with Crippen molar-refractivity contribution in [1.29, 1.82) is 0 Å². The molecule has 0 heterocycles. The molecular weight excluding hydrogens is 284 g/mol. The van der Waals surface area contributed by atoms with Crippen molar-refractivity contribution in [3.8, 4) is 0 Å². The molecule has 0 amide bonds. The summed E-state index contributed by atoms with van der Waals surface area (Å²) in [6, 6.07) is 4.82. The normalized spacial score (nSPS) is 11.5. The van der Waals surface area contributed by atoms with E-state index < -0.39 is 4.92 Å². The zero-order valence-corrected chi connectivity index (χ0v) is 11.7. The van der Waals surface area contributed by atoms with Crippen LogP contribution in [0.2, 0.25) is 0 Å². The maximum Gasteiger partial charge on any atom is 0.270 e. The molecule has 0 aliphatic heterocycles. The van der Waals surface area contributed by atoms with Crippen molar-refractivity contribution in [2.45, 2.75) is 38.6 Å². The van der Waals surface area contributed by atoms with Crippen LogP contribution in [0.1, 0.15) is 32.3 Å². The summed E-state index contributed by atoms with van der Waals surface area (Å²) in [5.41, 5.74) is 7.11. The monoisotopic (exact) mass is 300 g/mol. The minimum Gasteiger partial charge on any atom is -0.325 e. The van der Waals surface area contributed by atoms with E-state index in [9.17, 15) is 10.1 Å². The van der Waals surface area contributed by atoms with Crippen molar-refractivity contribution in [3.05, 3.63) is 38.3 Å². The largest absolute Gasteiger partial charge is 0.325 e. The van der Waals surface area contributed by atoms with E-state index in [1.807, 2.05) is 0 Å². The van der Waals surface area contributed by atoms with Crippen molar-refractivity contribution in [2.24, 2.45) is 5.73 Å². The van der Waals surface area contributed by atoms with Gasteiger partial charge in [-0.05, 0) is 24.8 Å². The molecule has 0 fully saturated rings. The summed E-state index contributed by atoms with van der Waals surface area (Å²) in [5, 5.41) is 10.6. The van der Waals surface area contributed by atoms with E-state index >= 15 is 0 Å². The first kappa shape index (κ1) is 14.1. The van der Waals surface area contributed by atoms with Gasteiger partial charge in [-0.1, -0.05) is 35.8 Å². The lowest BCUT2D eigenvalue weighted by atomic mass is 9.87. The number of nitro benzene ring substituents is 1. The second-order valence-corrected chi connectivity index (χ2v) is 5.13. The van der Waals surface area contributed by atoms with Crippen LogP contribution in [0.15, 0.2) is 22.7 Å². The van der Waals surface area contributed by atoms with Crippen LogP contribution in [0.5, 0.6) is 0 Å².